The fourth-order valence-corrected chi connectivity index (χ4v) is 5.66. The highest BCUT2D eigenvalue weighted by molar-refractivity contribution is 6.01. The van der Waals surface area contributed by atoms with E-state index in [1.165, 1.54) is 6.07 Å². The highest BCUT2D eigenvalue weighted by Gasteiger charge is 2.43. The van der Waals surface area contributed by atoms with E-state index in [1.54, 1.807) is 11.8 Å². The number of aromatic nitrogens is 1. The smallest absolute Gasteiger partial charge is 0.274 e. The molecule has 3 amide bonds. The van der Waals surface area contributed by atoms with Gasteiger partial charge in [-0.25, -0.2) is 0 Å². The van der Waals surface area contributed by atoms with Crippen molar-refractivity contribution in [2.24, 2.45) is 0 Å². The van der Waals surface area contributed by atoms with Gasteiger partial charge in [-0.2, -0.15) is 0 Å². The number of carbonyl (C=O) groups excluding carboxylic acids is 4. The van der Waals surface area contributed by atoms with Gasteiger partial charge in [0, 0.05) is 25.6 Å². The number of para-hydroxylation sites is 2. The molecule has 1 unspecified atom stereocenters. The molecule has 1 saturated carbocycles. The molecule has 2 aliphatic heterocycles. The maximum atomic E-state index is 13.5. The van der Waals surface area contributed by atoms with Gasteiger partial charge in [-0.05, 0) is 44.7 Å². The predicted molar refractivity (Wildman–Crippen MR) is 136 cm³/mol. The standard InChI is InChI=1S/C27H33N5O5/c1-18-16-20(30-37-18)25(35)29-27(12-5-2-6-13-27)26(36)28-19-11-15-31(17-23(19)33)21-8-3-4-9-22(21)32-14-7-10-24(32)34/h3-4,8-9,16,19H,2,5-7,10-15,17H2,1H3,(H,28,36)(H,29,35). The molecule has 2 aromatic rings. The Hall–Kier alpha value is -3.69. The summed E-state index contributed by atoms with van der Waals surface area (Å²) >= 11 is 0. The molecule has 3 aliphatic rings. The highest BCUT2D eigenvalue weighted by atomic mass is 16.5. The lowest BCUT2D eigenvalue weighted by Crippen LogP contribution is -2.63. The minimum Gasteiger partial charge on any atom is -0.362 e. The van der Waals surface area contributed by atoms with Crippen LogP contribution in [0.4, 0.5) is 11.4 Å². The number of nitrogens with zero attached hydrogens (tertiary/aromatic N) is 3. The number of hydrogen-bond donors (Lipinski definition) is 2. The van der Waals surface area contributed by atoms with Gasteiger partial charge in [0.1, 0.15) is 11.3 Å². The van der Waals surface area contributed by atoms with Gasteiger partial charge in [0.15, 0.2) is 11.5 Å². The van der Waals surface area contributed by atoms with E-state index >= 15 is 0 Å². The number of benzene rings is 1. The van der Waals surface area contributed by atoms with Gasteiger partial charge >= 0.3 is 0 Å². The summed E-state index contributed by atoms with van der Waals surface area (Å²) in [5, 5.41) is 9.64. The molecule has 196 valence electrons. The molecule has 3 fully saturated rings. The number of aryl methyl sites for hydroxylation is 1. The van der Waals surface area contributed by atoms with Crippen LogP contribution in [0.3, 0.4) is 0 Å². The first kappa shape index (κ1) is 25.0. The van der Waals surface area contributed by atoms with Gasteiger partial charge in [-0.1, -0.05) is 36.6 Å². The first-order chi connectivity index (χ1) is 17.9. The Balaban J connectivity index is 1.27. The van der Waals surface area contributed by atoms with Crippen LogP contribution in [-0.4, -0.2) is 59.9 Å². The van der Waals surface area contributed by atoms with Gasteiger partial charge in [0.2, 0.25) is 11.8 Å². The molecular weight excluding hydrogens is 474 g/mol. The molecule has 2 saturated heterocycles. The Labute approximate surface area is 215 Å². The molecule has 0 spiro atoms. The summed E-state index contributed by atoms with van der Waals surface area (Å²) in [4.78, 5) is 55.7. The molecule has 1 aromatic heterocycles. The van der Waals surface area contributed by atoms with Crippen molar-refractivity contribution in [3.63, 3.8) is 0 Å². The van der Waals surface area contributed by atoms with Crippen LogP contribution in [0.25, 0.3) is 0 Å². The van der Waals surface area contributed by atoms with Gasteiger partial charge < -0.3 is 25.0 Å². The van der Waals surface area contributed by atoms with Crippen molar-refractivity contribution in [3.8, 4) is 0 Å². The molecule has 0 radical (unpaired) electrons. The lowest BCUT2D eigenvalue weighted by molar-refractivity contribution is -0.133. The molecule has 37 heavy (non-hydrogen) atoms. The average molecular weight is 508 g/mol. The highest BCUT2D eigenvalue weighted by Crippen LogP contribution is 2.34. The maximum Gasteiger partial charge on any atom is 0.274 e. The Bertz CT molecular complexity index is 1200. The number of hydrogen-bond acceptors (Lipinski definition) is 7. The zero-order valence-electron chi connectivity index (χ0n) is 21.1. The lowest BCUT2D eigenvalue weighted by atomic mass is 9.80. The van der Waals surface area contributed by atoms with Crippen molar-refractivity contribution in [2.45, 2.75) is 69.9 Å². The molecule has 0 bridgehead atoms. The number of anilines is 2. The van der Waals surface area contributed by atoms with E-state index in [0.717, 1.165) is 37.1 Å². The van der Waals surface area contributed by atoms with Crippen LogP contribution in [0.5, 0.6) is 0 Å². The number of amides is 3. The summed E-state index contributed by atoms with van der Waals surface area (Å²) in [6, 6.07) is 8.57. The predicted octanol–water partition coefficient (Wildman–Crippen LogP) is 2.51. The quantitative estimate of drug-likeness (QED) is 0.615. The Morgan fingerprint density at radius 2 is 1.81 bits per heavy atom. The number of piperidine rings is 1. The Morgan fingerprint density at radius 1 is 1.05 bits per heavy atom. The third kappa shape index (κ3) is 5.10. The second kappa shape index (κ2) is 10.4. The van der Waals surface area contributed by atoms with Crippen LogP contribution in [0.15, 0.2) is 34.9 Å². The summed E-state index contributed by atoms with van der Waals surface area (Å²) in [6.45, 7) is 3.08. The molecular formula is C27H33N5O5. The minimum atomic E-state index is -1.08. The number of Topliss-reactive ketones (excluding diaryl/α,β-unsaturated/α-hetero) is 1. The first-order valence-corrected chi connectivity index (χ1v) is 13.1. The van der Waals surface area contributed by atoms with Gasteiger partial charge in [-0.15, -0.1) is 0 Å². The van der Waals surface area contributed by atoms with Gasteiger partial charge in [0.05, 0.1) is 24.0 Å². The summed E-state index contributed by atoms with van der Waals surface area (Å²) in [6.07, 6.45) is 5.43. The van der Waals surface area contributed by atoms with E-state index in [1.807, 2.05) is 29.2 Å². The first-order valence-electron chi connectivity index (χ1n) is 13.1. The van der Waals surface area contributed by atoms with E-state index in [2.05, 4.69) is 15.8 Å². The van der Waals surface area contributed by atoms with Crippen molar-refractivity contribution < 1.29 is 23.7 Å². The monoisotopic (exact) mass is 507 g/mol. The normalized spacial score (nSPS) is 21.7. The van der Waals surface area contributed by atoms with E-state index in [-0.39, 0.29) is 29.8 Å². The zero-order chi connectivity index (χ0) is 26.0. The molecule has 5 rings (SSSR count). The van der Waals surface area contributed by atoms with Crippen molar-refractivity contribution in [3.05, 3.63) is 41.8 Å². The second-order valence-electron chi connectivity index (χ2n) is 10.3. The molecule has 3 heterocycles. The Morgan fingerprint density at radius 3 is 2.46 bits per heavy atom. The second-order valence-corrected chi connectivity index (χ2v) is 10.3. The third-order valence-corrected chi connectivity index (χ3v) is 7.67. The van der Waals surface area contributed by atoms with Crippen molar-refractivity contribution in [2.75, 3.05) is 29.4 Å². The Kier molecular flexibility index (Phi) is 6.99. The summed E-state index contributed by atoms with van der Waals surface area (Å²) in [7, 11) is 0. The molecule has 1 aromatic carbocycles. The van der Waals surface area contributed by atoms with E-state index in [4.69, 9.17) is 4.52 Å². The SMILES string of the molecule is Cc1cc(C(=O)NC2(C(=O)NC3CCN(c4ccccc4N4CCCC4=O)CC3=O)CCCCC2)no1. The molecule has 2 N–H and O–H groups in total. The van der Waals surface area contributed by atoms with E-state index < -0.39 is 17.5 Å². The van der Waals surface area contributed by atoms with E-state index in [9.17, 15) is 19.2 Å². The van der Waals surface area contributed by atoms with Crippen molar-refractivity contribution >= 4 is 34.9 Å². The summed E-state index contributed by atoms with van der Waals surface area (Å²) < 4.78 is 5.01. The largest absolute Gasteiger partial charge is 0.362 e. The molecule has 1 atom stereocenters. The maximum absolute atomic E-state index is 13.5. The van der Waals surface area contributed by atoms with Crippen molar-refractivity contribution in [1.29, 1.82) is 0 Å². The van der Waals surface area contributed by atoms with Crippen LogP contribution in [-0.2, 0) is 14.4 Å². The zero-order valence-corrected chi connectivity index (χ0v) is 21.1. The van der Waals surface area contributed by atoms with Crippen LogP contribution >= 0.6 is 0 Å². The molecule has 1 aliphatic carbocycles. The third-order valence-electron chi connectivity index (χ3n) is 7.67. The van der Waals surface area contributed by atoms with Crippen LogP contribution in [0, 0.1) is 6.92 Å². The number of rotatable bonds is 6. The average Bonchev–Trinajstić information content (AvgIpc) is 3.53. The fourth-order valence-electron chi connectivity index (χ4n) is 5.66. The van der Waals surface area contributed by atoms with Gasteiger partial charge in [-0.3, -0.25) is 19.2 Å². The molecule has 10 nitrogen and oxygen atoms in total. The number of nitrogens with one attached hydrogen (secondary N) is 2. The van der Waals surface area contributed by atoms with Crippen LogP contribution in [0.2, 0.25) is 0 Å². The van der Waals surface area contributed by atoms with Crippen LogP contribution in [0.1, 0.15) is 67.6 Å². The summed E-state index contributed by atoms with van der Waals surface area (Å²) in [5.41, 5.74) is 0.735. The number of carbonyl (C=O) groups is 4. The van der Waals surface area contributed by atoms with Crippen molar-refractivity contribution in [1.82, 2.24) is 15.8 Å². The minimum absolute atomic E-state index is 0.0911. The van der Waals surface area contributed by atoms with Gasteiger partial charge in [0.25, 0.3) is 5.91 Å². The number of ketones is 1. The fraction of sp³-hybridized carbons (Fsp3) is 0.519. The van der Waals surface area contributed by atoms with E-state index in [0.29, 0.717) is 44.5 Å². The topological polar surface area (TPSA) is 125 Å². The lowest BCUT2D eigenvalue weighted by Gasteiger charge is -2.39. The molecule has 10 heteroatoms. The van der Waals surface area contributed by atoms with Crippen LogP contribution < -0.4 is 20.4 Å². The summed E-state index contributed by atoms with van der Waals surface area (Å²) in [5.74, 6) is -0.257.